The normalized spacial score (nSPS) is 11.3. The lowest BCUT2D eigenvalue weighted by Crippen LogP contribution is -2.23. The van der Waals surface area contributed by atoms with Crippen LogP contribution in [0, 0.1) is 6.92 Å². The molecule has 0 spiro atoms. The van der Waals surface area contributed by atoms with E-state index < -0.39 is 0 Å². The number of anilines is 3. The summed E-state index contributed by atoms with van der Waals surface area (Å²) >= 11 is 6.38. The third-order valence-corrected chi connectivity index (χ3v) is 5.05. The van der Waals surface area contributed by atoms with E-state index in [1.807, 2.05) is 41.7 Å². The molecule has 0 amide bonds. The van der Waals surface area contributed by atoms with Gasteiger partial charge in [-0.25, -0.2) is 15.0 Å². The molecule has 138 valence electrons. The molecule has 0 bridgehead atoms. The summed E-state index contributed by atoms with van der Waals surface area (Å²) in [6, 6.07) is 9.82. The summed E-state index contributed by atoms with van der Waals surface area (Å²) in [5, 5.41) is 4.04. The van der Waals surface area contributed by atoms with E-state index in [2.05, 4.69) is 29.0 Å². The summed E-state index contributed by atoms with van der Waals surface area (Å²) in [6.45, 7) is 8.07. The number of benzene rings is 1. The highest BCUT2D eigenvalue weighted by Crippen LogP contribution is 2.31. The predicted octanol–water partition coefficient (Wildman–Crippen LogP) is 4.83. The van der Waals surface area contributed by atoms with Crippen LogP contribution in [0.15, 0.2) is 42.9 Å². The maximum atomic E-state index is 6.38. The molecule has 27 heavy (non-hydrogen) atoms. The first-order valence-electron chi connectivity index (χ1n) is 9.02. The number of hydrogen-bond donors (Lipinski definition) is 1. The largest absolute Gasteiger partial charge is 0.357 e. The van der Waals surface area contributed by atoms with Crippen molar-refractivity contribution >= 4 is 45.6 Å². The lowest BCUT2D eigenvalue weighted by Gasteiger charge is -2.20. The minimum atomic E-state index is 0.657. The van der Waals surface area contributed by atoms with Gasteiger partial charge in [0.2, 0.25) is 0 Å². The molecule has 0 saturated heterocycles. The first-order chi connectivity index (χ1) is 13.1. The fraction of sp³-hybridized carbons (Fsp3) is 0.250. The van der Waals surface area contributed by atoms with Gasteiger partial charge in [0.1, 0.15) is 23.2 Å². The second kappa shape index (κ2) is 7.04. The summed E-state index contributed by atoms with van der Waals surface area (Å²) in [5.74, 6) is 1.64. The van der Waals surface area contributed by atoms with Gasteiger partial charge in [-0.2, -0.15) is 0 Å². The van der Waals surface area contributed by atoms with Crippen molar-refractivity contribution in [1.82, 2.24) is 19.4 Å². The third-order valence-electron chi connectivity index (χ3n) is 4.73. The lowest BCUT2D eigenvalue weighted by atomic mass is 10.2. The number of aryl methyl sites for hydroxylation is 1. The zero-order chi connectivity index (χ0) is 19.0. The van der Waals surface area contributed by atoms with Gasteiger partial charge in [-0.1, -0.05) is 23.7 Å². The first-order valence-corrected chi connectivity index (χ1v) is 9.40. The molecule has 4 rings (SSSR count). The number of hydrogen-bond acceptors (Lipinski definition) is 5. The average Bonchev–Trinajstić information content (AvgIpc) is 3.16. The number of halogens is 1. The zero-order valence-electron chi connectivity index (χ0n) is 15.6. The maximum Gasteiger partial charge on any atom is 0.166 e. The van der Waals surface area contributed by atoms with Crippen molar-refractivity contribution in [3.8, 4) is 0 Å². The van der Waals surface area contributed by atoms with Crippen LogP contribution >= 0.6 is 11.6 Å². The van der Waals surface area contributed by atoms with Crippen LogP contribution in [0.1, 0.15) is 19.4 Å². The van der Waals surface area contributed by atoms with E-state index in [1.54, 1.807) is 12.5 Å². The van der Waals surface area contributed by atoms with Gasteiger partial charge in [-0.15, -0.1) is 0 Å². The van der Waals surface area contributed by atoms with Gasteiger partial charge in [-0.05, 0) is 44.5 Å². The smallest absolute Gasteiger partial charge is 0.166 e. The Morgan fingerprint density at radius 3 is 2.67 bits per heavy atom. The van der Waals surface area contributed by atoms with Gasteiger partial charge >= 0.3 is 0 Å². The second-order valence-corrected chi connectivity index (χ2v) is 6.76. The summed E-state index contributed by atoms with van der Waals surface area (Å²) in [6.07, 6.45) is 3.55. The summed E-state index contributed by atoms with van der Waals surface area (Å²) in [7, 11) is 0. The SMILES string of the molecule is CCN(CC)c1ccc2nc(Nc3c(C)cccc3Cl)c3cncn3c2n1. The highest BCUT2D eigenvalue weighted by Gasteiger charge is 2.14. The Morgan fingerprint density at radius 1 is 1.11 bits per heavy atom. The van der Waals surface area contributed by atoms with Crippen molar-refractivity contribution in [2.75, 3.05) is 23.3 Å². The molecule has 0 unspecified atom stereocenters. The molecule has 3 aromatic heterocycles. The maximum absolute atomic E-state index is 6.38. The van der Waals surface area contributed by atoms with Crippen molar-refractivity contribution in [3.05, 3.63) is 53.4 Å². The van der Waals surface area contributed by atoms with E-state index in [4.69, 9.17) is 21.6 Å². The highest BCUT2D eigenvalue weighted by molar-refractivity contribution is 6.33. The first kappa shape index (κ1) is 17.5. The quantitative estimate of drug-likeness (QED) is 0.537. The number of imidazole rings is 1. The van der Waals surface area contributed by atoms with E-state index in [-0.39, 0.29) is 0 Å². The van der Waals surface area contributed by atoms with Crippen LogP contribution in [-0.2, 0) is 0 Å². The van der Waals surface area contributed by atoms with Gasteiger partial charge in [0.05, 0.1) is 16.9 Å². The Hall–Kier alpha value is -2.86. The van der Waals surface area contributed by atoms with Crippen molar-refractivity contribution in [2.45, 2.75) is 20.8 Å². The summed E-state index contributed by atoms with van der Waals surface area (Å²) in [5.41, 5.74) is 4.34. The molecule has 0 radical (unpaired) electrons. The third kappa shape index (κ3) is 3.06. The molecule has 0 atom stereocenters. The fourth-order valence-corrected chi connectivity index (χ4v) is 3.51. The van der Waals surface area contributed by atoms with E-state index >= 15 is 0 Å². The van der Waals surface area contributed by atoms with Crippen LogP contribution in [0.25, 0.3) is 16.7 Å². The van der Waals surface area contributed by atoms with E-state index in [1.165, 1.54) is 0 Å². The van der Waals surface area contributed by atoms with Crippen LogP contribution in [0.5, 0.6) is 0 Å². The minimum Gasteiger partial charge on any atom is -0.357 e. The number of para-hydroxylation sites is 1. The molecule has 0 saturated carbocycles. The number of nitrogens with zero attached hydrogens (tertiary/aromatic N) is 5. The number of nitrogens with one attached hydrogen (secondary N) is 1. The highest BCUT2D eigenvalue weighted by atomic mass is 35.5. The molecule has 4 aromatic rings. The van der Waals surface area contributed by atoms with Crippen molar-refractivity contribution < 1.29 is 0 Å². The average molecular weight is 381 g/mol. The second-order valence-electron chi connectivity index (χ2n) is 6.35. The Bertz CT molecular complexity index is 1100. The Balaban J connectivity index is 1.88. The Kier molecular flexibility index (Phi) is 4.58. The number of pyridine rings is 1. The van der Waals surface area contributed by atoms with Crippen LogP contribution < -0.4 is 10.2 Å². The number of fused-ring (bicyclic) bond motifs is 3. The van der Waals surface area contributed by atoms with Crippen molar-refractivity contribution in [2.24, 2.45) is 0 Å². The molecule has 1 N–H and O–H groups in total. The van der Waals surface area contributed by atoms with Gasteiger partial charge in [0.25, 0.3) is 0 Å². The molecular weight excluding hydrogens is 360 g/mol. The van der Waals surface area contributed by atoms with E-state index in [0.717, 1.165) is 46.8 Å². The van der Waals surface area contributed by atoms with Gasteiger partial charge in [0.15, 0.2) is 11.5 Å². The van der Waals surface area contributed by atoms with E-state index in [9.17, 15) is 0 Å². The lowest BCUT2D eigenvalue weighted by molar-refractivity contribution is 0.847. The van der Waals surface area contributed by atoms with Crippen molar-refractivity contribution in [1.29, 1.82) is 0 Å². The molecule has 0 aliphatic rings. The van der Waals surface area contributed by atoms with Crippen molar-refractivity contribution in [3.63, 3.8) is 0 Å². The van der Waals surface area contributed by atoms with Gasteiger partial charge in [-0.3, -0.25) is 4.40 Å². The zero-order valence-corrected chi connectivity index (χ0v) is 16.3. The standard InChI is InChI=1S/C20H21ClN6/c1-4-26(5-2)17-10-9-15-20(24-17)27-12-22-11-16(27)19(23-15)25-18-13(3)7-6-8-14(18)21/h6-12H,4-5H2,1-3H3,(H,23,25). The predicted molar refractivity (Wildman–Crippen MR) is 111 cm³/mol. The van der Waals surface area contributed by atoms with Crippen LogP contribution in [0.2, 0.25) is 5.02 Å². The fourth-order valence-electron chi connectivity index (χ4n) is 3.24. The van der Waals surface area contributed by atoms with Gasteiger partial charge < -0.3 is 10.2 Å². The molecule has 1 aromatic carbocycles. The topological polar surface area (TPSA) is 58.4 Å². The Morgan fingerprint density at radius 2 is 1.93 bits per heavy atom. The molecule has 0 aliphatic heterocycles. The van der Waals surface area contributed by atoms with E-state index in [0.29, 0.717) is 10.8 Å². The molecule has 6 nitrogen and oxygen atoms in total. The number of aromatic nitrogens is 4. The molecule has 7 heteroatoms. The minimum absolute atomic E-state index is 0.657. The molecule has 0 aliphatic carbocycles. The summed E-state index contributed by atoms with van der Waals surface area (Å²) in [4.78, 5) is 16.1. The van der Waals surface area contributed by atoms with Crippen LogP contribution in [-0.4, -0.2) is 32.4 Å². The van der Waals surface area contributed by atoms with Gasteiger partial charge in [0, 0.05) is 13.1 Å². The monoisotopic (exact) mass is 380 g/mol. The van der Waals surface area contributed by atoms with Crippen LogP contribution in [0.3, 0.4) is 0 Å². The number of rotatable bonds is 5. The van der Waals surface area contributed by atoms with Crippen LogP contribution in [0.4, 0.5) is 17.3 Å². The molecule has 0 fully saturated rings. The molecule has 3 heterocycles. The Labute approximate surface area is 162 Å². The molecular formula is C20H21ClN6. The summed E-state index contributed by atoms with van der Waals surface area (Å²) < 4.78 is 1.96.